The summed E-state index contributed by atoms with van der Waals surface area (Å²) in [5.41, 5.74) is 0. The highest BCUT2D eigenvalue weighted by Gasteiger charge is 2.36. The van der Waals surface area contributed by atoms with Crippen LogP contribution in [0.15, 0.2) is 12.2 Å². The van der Waals surface area contributed by atoms with Crippen molar-refractivity contribution >= 4 is 6.29 Å². The lowest BCUT2D eigenvalue weighted by atomic mass is 10.2. The van der Waals surface area contributed by atoms with Crippen LogP contribution in [0.3, 0.4) is 0 Å². The Hall–Kier alpha value is -0.670. The summed E-state index contributed by atoms with van der Waals surface area (Å²) in [6.07, 6.45) is 3.79. The Morgan fingerprint density at radius 3 is 2.42 bits per heavy atom. The zero-order valence-electron chi connectivity index (χ0n) is 7.61. The zero-order chi connectivity index (χ0) is 9.19. The fourth-order valence-electron chi connectivity index (χ4n) is 1.32. The molecule has 0 aromatic heterocycles. The molecule has 0 radical (unpaired) electrons. The van der Waals surface area contributed by atoms with Gasteiger partial charge in [0.1, 0.15) is 12.4 Å². The van der Waals surface area contributed by atoms with Gasteiger partial charge in [-0.1, -0.05) is 0 Å². The number of hydrogen-bond acceptors (Lipinski definition) is 3. The highest BCUT2D eigenvalue weighted by atomic mass is 16.7. The van der Waals surface area contributed by atoms with Crippen molar-refractivity contribution in [3.8, 4) is 0 Å². The molecule has 1 saturated heterocycles. The van der Waals surface area contributed by atoms with Gasteiger partial charge in [0.25, 0.3) is 0 Å². The van der Waals surface area contributed by atoms with Crippen molar-refractivity contribution in [1.82, 2.24) is 0 Å². The number of hydrogen-bond donors (Lipinski definition) is 0. The number of ether oxygens (including phenoxy) is 2. The van der Waals surface area contributed by atoms with Crippen LogP contribution in [0.4, 0.5) is 0 Å². The monoisotopic (exact) mass is 170 g/mol. The van der Waals surface area contributed by atoms with Gasteiger partial charge in [-0.3, -0.25) is 4.79 Å². The van der Waals surface area contributed by atoms with E-state index in [2.05, 4.69) is 0 Å². The molecule has 3 nitrogen and oxygen atoms in total. The van der Waals surface area contributed by atoms with Crippen molar-refractivity contribution in [2.24, 2.45) is 0 Å². The van der Waals surface area contributed by atoms with Crippen molar-refractivity contribution in [2.75, 3.05) is 0 Å². The Balaban J connectivity index is 2.57. The molecule has 0 aliphatic carbocycles. The van der Waals surface area contributed by atoms with Crippen LogP contribution in [0.2, 0.25) is 0 Å². The second kappa shape index (κ2) is 3.37. The van der Waals surface area contributed by atoms with E-state index in [0.717, 1.165) is 6.29 Å². The standard InChI is InChI=1S/C9H14O3/c1-7-8(5-4-6-10)12-9(2,3)11-7/h4-8H,1-3H3/b5-4+. The Morgan fingerprint density at radius 1 is 1.33 bits per heavy atom. The van der Waals surface area contributed by atoms with Gasteiger partial charge >= 0.3 is 0 Å². The molecular formula is C9H14O3. The average molecular weight is 170 g/mol. The molecule has 68 valence electrons. The molecule has 0 bridgehead atoms. The van der Waals surface area contributed by atoms with Crippen LogP contribution < -0.4 is 0 Å². The molecule has 3 heteroatoms. The lowest BCUT2D eigenvalue weighted by Gasteiger charge is -2.15. The van der Waals surface area contributed by atoms with Crippen LogP contribution in [-0.2, 0) is 14.3 Å². The Kier molecular flexibility index (Phi) is 2.65. The first kappa shape index (κ1) is 9.42. The van der Waals surface area contributed by atoms with Crippen molar-refractivity contribution in [1.29, 1.82) is 0 Å². The summed E-state index contributed by atoms with van der Waals surface area (Å²) in [5.74, 6) is -0.530. The minimum atomic E-state index is -0.530. The molecule has 0 aromatic carbocycles. The van der Waals surface area contributed by atoms with E-state index in [9.17, 15) is 4.79 Å². The largest absolute Gasteiger partial charge is 0.345 e. The number of carbonyl (C=O) groups is 1. The molecule has 0 amide bonds. The average Bonchev–Trinajstić information content (AvgIpc) is 2.20. The highest BCUT2D eigenvalue weighted by Crippen LogP contribution is 2.28. The Labute approximate surface area is 72.4 Å². The van der Waals surface area contributed by atoms with Crippen LogP contribution >= 0.6 is 0 Å². The third-order valence-corrected chi connectivity index (χ3v) is 1.73. The predicted molar refractivity (Wildman–Crippen MR) is 44.7 cm³/mol. The molecule has 1 heterocycles. The first-order valence-corrected chi connectivity index (χ1v) is 4.03. The molecule has 12 heavy (non-hydrogen) atoms. The van der Waals surface area contributed by atoms with Crippen molar-refractivity contribution < 1.29 is 14.3 Å². The van der Waals surface area contributed by atoms with Crippen molar-refractivity contribution in [3.63, 3.8) is 0 Å². The highest BCUT2D eigenvalue weighted by molar-refractivity contribution is 5.64. The molecule has 1 rings (SSSR count). The molecule has 2 unspecified atom stereocenters. The smallest absolute Gasteiger partial charge is 0.164 e. The lowest BCUT2D eigenvalue weighted by Crippen LogP contribution is -2.20. The minimum Gasteiger partial charge on any atom is -0.345 e. The number of rotatable bonds is 2. The third kappa shape index (κ3) is 2.16. The SMILES string of the molecule is CC1OC(C)(C)OC1/C=C/C=O. The molecule has 2 atom stereocenters. The van der Waals surface area contributed by atoms with Gasteiger partial charge < -0.3 is 9.47 Å². The van der Waals surface area contributed by atoms with E-state index in [0.29, 0.717) is 0 Å². The maximum absolute atomic E-state index is 10.0. The lowest BCUT2D eigenvalue weighted by molar-refractivity contribution is -0.141. The predicted octanol–water partition coefficient (Wildman–Crippen LogP) is 1.28. The molecule has 0 N–H and O–H groups in total. The normalized spacial score (nSPS) is 34.2. The minimum absolute atomic E-state index is 0.0104. The van der Waals surface area contributed by atoms with Gasteiger partial charge in [-0.2, -0.15) is 0 Å². The molecular weight excluding hydrogens is 156 g/mol. The third-order valence-electron chi connectivity index (χ3n) is 1.73. The number of carbonyl (C=O) groups excluding carboxylic acids is 1. The van der Waals surface area contributed by atoms with Crippen molar-refractivity contribution in [3.05, 3.63) is 12.2 Å². The first-order chi connectivity index (χ1) is 5.55. The van der Waals surface area contributed by atoms with E-state index in [4.69, 9.17) is 9.47 Å². The number of allylic oxidation sites excluding steroid dienone is 1. The van der Waals surface area contributed by atoms with Gasteiger partial charge in [0.15, 0.2) is 5.79 Å². The van der Waals surface area contributed by atoms with Gasteiger partial charge in [0, 0.05) is 0 Å². The quantitative estimate of drug-likeness (QED) is 0.462. The van der Waals surface area contributed by atoms with E-state index in [1.807, 2.05) is 20.8 Å². The molecule has 0 spiro atoms. The van der Waals surface area contributed by atoms with Crippen LogP contribution in [0, 0.1) is 0 Å². The summed E-state index contributed by atoms with van der Waals surface area (Å²) in [7, 11) is 0. The van der Waals surface area contributed by atoms with Crippen LogP contribution in [-0.4, -0.2) is 24.3 Å². The fourth-order valence-corrected chi connectivity index (χ4v) is 1.32. The van der Waals surface area contributed by atoms with Crippen LogP contribution in [0.5, 0.6) is 0 Å². The van der Waals surface area contributed by atoms with Gasteiger partial charge in [0.05, 0.1) is 6.10 Å². The maximum atomic E-state index is 10.0. The molecule has 0 saturated carbocycles. The van der Waals surface area contributed by atoms with Gasteiger partial charge in [-0.05, 0) is 32.9 Å². The van der Waals surface area contributed by atoms with E-state index in [1.165, 1.54) is 6.08 Å². The number of aldehydes is 1. The molecule has 0 aromatic rings. The summed E-state index contributed by atoms with van der Waals surface area (Å²) >= 11 is 0. The topological polar surface area (TPSA) is 35.5 Å². The van der Waals surface area contributed by atoms with Gasteiger partial charge in [-0.15, -0.1) is 0 Å². The Bertz CT molecular complexity index is 196. The molecule has 1 fully saturated rings. The van der Waals surface area contributed by atoms with Crippen LogP contribution in [0.25, 0.3) is 0 Å². The summed E-state index contributed by atoms with van der Waals surface area (Å²) in [6.45, 7) is 5.64. The molecule has 1 aliphatic rings. The Morgan fingerprint density at radius 2 is 2.00 bits per heavy atom. The van der Waals surface area contributed by atoms with Crippen molar-refractivity contribution in [2.45, 2.75) is 38.8 Å². The summed E-state index contributed by atoms with van der Waals surface area (Å²) in [4.78, 5) is 10.0. The zero-order valence-corrected chi connectivity index (χ0v) is 7.61. The van der Waals surface area contributed by atoms with E-state index < -0.39 is 5.79 Å². The van der Waals surface area contributed by atoms with E-state index in [1.54, 1.807) is 6.08 Å². The summed E-state index contributed by atoms with van der Waals surface area (Å²) in [5, 5.41) is 0. The van der Waals surface area contributed by atoms with E-state index >= 15 is 0 Å². The maximum Gasteiger partial charge on any atom is 0.164 e. The van der Waals surface area contributed by atoms with Gasteiger partial charge in [0.2, 0.25) is 0 Å². The second-order valence-corrected chi connectivity index (χ2v) is 3.33. The fraction of sp³-hybridized carbons (Fsp3) is 0.667. The van der Waals surface area contributed by atoms with Gasteiger partial charge in [-0.25, -0.2) is 0 Å². The van der Waals surface area contributed by atoms with E-state index in [-0.39, 0.29) is 12.2 Å². The second-order valence-electron chi connectivity index (χ2n) is 3.33. The summed E-state index contributed by atoms with van der Waals surface area (Å²) in [6, 6.07) is 0. The molecule has 1 aliphatic heterocycles. The van der Waals surface area contributed by atoms with Crippen LogP contribution in [0.1, 0.15) is 20.8 Å². The first-order valence-electron chi connectivity index (χ1n) is 4.03. The summed E-state index contributed by atoms with van der Waals surface area (Å²) < 4.78 is 11.0.